The molecule has 7 nitrogen and oxygen atoms in total. The molecule has 0 aromatic heterocycles. The van der Waals surface area contributed by atoms with Crippen LogP contribution in [0.15, 0.2) is 77.7 Å². The van der Waals surface area contributed by atoms with Gasteiger partial charge in [0.1, 0.15) is 10.7 Å². The highest BCUT2D eigenvalue weighted by molar-refractivity contribution is 7.92. The second-order valence-corrected chi connectivity index (χ2v) is 8.28. The summed E-state index contributed by atoms with van der Waals surface area (Å²) in [5.74, 6) is -2.29. The third kappa shape index (κ3) is 5.67. The van der Waals surface area contributed by atoms with Crippen LogP contribution in [0.2, 0.25) is 0 Å². The molecule has 31 heavy (non-hydrogen) atoms. The molecule has 0 radical (unpaired) electrons. The lowest BCUT2D eigenvalue weighted by atomic mass is 10.1. The molecule has 0 aliphatic heterocycles. The lowest BCUT2D eigenvalue weighted by Gasteiger charge is -2.10. The SMILES string of the molecule is O=C(O)c1ccc(CCNC(=O)c2cccc(NS(=O)(=O)c3ccccc3F)c2)cc1. The summed E-state index contributed by atoms with van der Waals surface area (Å²) >= 11 is 0. The van der Waals surface area contributed by atoms with Crippen molar-refractivity contribution in [1.29, 1.82) is 0 Å². The molecule has 3 aromatic carbocycles. The van der Waals surface area contributed by atoms with Gasteiger partial charge in [0.25, 0.3) is 15.9 Å². The lowest BCUT2D eigenvalue weighted by Crippen LogP contribution is -2.25. The minimum atomic E-state index is -4.15. The van der Waals surface area contributed by atoms with Crippen LogP contribution in [0.5, 0.6) is 0 Å². The minimum Gasteiger partial charge on any atom is -0.478 e. The zero-order chi connectivity index (χ0) is 22.4. The average Bonchev–Trinajstić information content (AvgIpc) is 2.74. The summed E-state index contributed by atoms with van der Waals surface area (Å²) in [6.07, 6.45) is 0.491. The van der Waals surface area contributed by atoms with Crippen molar-refractivity contribution in [2.24, 2.45) is 0 Å². The zero-order valence-electron chi connectivity index (χ0n) is 16.2. The van der Waals surface area contributed by atoms with Gasteiger partial charge < -0.3 is 10.4 Å². The highest BCUT2D eigenvalue weighted by Crippen LogP contribution is 2.19. The van der Waals surface area contributed by atoms with Crippen LogP contribution in [0.25, 0.3) is 0 Å². The first-order valence-electron chi connectivity index (χ1n) is 9.24. The van der Waals surface area contributed by atoms with E-state index in [-0.39, 0.29) is 16.8 Å². The summed E-state index contributed by atoms with van der Waals surface area (Å²) in [6, 6.07) is 17.2. The molecule has 0 aliphatic carbocycles. The first kappa shape index (κ1) is 22.0. The lowest BCUT2D eigenvalue weighted by molar-refractivity contribution is 0.0696. The maximum Gasteiger partial charge on any atom is 0.335 e. The fourth-order valence-electron chi connectivity index (χ4n) is 2.83. The van der Waals surface area contributed by atoms with Gasteiger partial charge in [0.05, 0.1) is 5.56 Å². The van der Waals surface area contributed by atoms with Crippen molar-refractivity contribution >= 4 is 27.6 Å². The number of aromatic carboxylic acids is 1. The quantitative estimate of drug-likeness (QED) is 0.496. The molecule has 160 valence electrons. The van der Waals surface area contributed by atoms with Gasteiger partial charge in [-0.2, -0.15) is 0 Å². The fourth-order valence-corrected chi connectivity index (χ4v) is 3.96. The number of carboxylic acid groups (broad SMARTS) is 1. The number of carboxylic acids is 1. The van der Waals surface area contributed by atoms with E-state index in [1.54, 1.807) is 12.1 Å². The molecule has 3 rings (SSSR count). The van der Waals surface area contributed by atoms with E-state index in [1.807, 2.05) is 0 Å². The highest BCUT2D eigenvalue weighted by atomic mass is 32.2. The zero-order valence-corrected chi connectivity index (χ0v) is 17.0. The molecule has 0 fully saturated rings. The maximum absolute atomic E-state index is 13.8. The van der Waals surface area contributed by atoms with Gasteiger partial charge in [-0.3, -0.25) is 9.52 Å². The summed E-state index contributed by atoms with van der Waals surface area (Å²) in [6.45, 7) is 0.302. The standard InChI is InChI=1S/C22H19FN2O5S/c23-19-6-1-2-7-20(19)31(29,30)25-18-5-3-4-17(14-18)21(26)24-13-12-15-8-10-16(11-9-15)22(27)28/h1-11,14,25H,12-13H2,(H,24,26)(H,27,28). The van der Waals surface area contributed by atoms with Gasteiger partial charge >= 0.3 is 5.97 Å². The van der Waals surface area contributed by atoms with Gasteiger partial charge in [-0.15, -0.1) is 0 Å². The molecule has 0 bridgehead atoms. The van der Waals surface area contributed by atoms with Crippen LogP contribution < -0.4 is 10.0 Å². The number of halogens is 1. The van der Waals surface area contributed by atoms with Gasteiger partial charge in [0.15, 0.2) is 0 Å². The fraction of sp³-hybridized carbons (Fsp3) is 0.0909. The molecule has 0 aliphatic rings. The predicted molar refractivity (Wildman–Crippen MR) is 113 cm³/mol. The van der Waals surface area contributed by atoms with Crippen molar-refractivity contribution < 1.29 is 27.5 Å². The highest BCUT2D eigenvalue weighted by Gasteiger charge is 2.19. The number of sulfonamides is 1. The van der Waals surface area contributed by atoms with E-state index in [2.05, 4.69) is 10.0 Å². The Morgan fingerprint density at radius 2 is 1.61 bits per heavy atom. The molecule has 0 atom stereocenters. The molecule has 3 N–H and O–H groups in total. The number of nitrogens with one attached hydrogen (secondary N) is 2. The third-order valence-electron chi connectivity index (χ3n) is 4.40. The molecule has 0 unspecified atom stereocenters. The first-order valence-corrected chi connectivity index (χ1v) is 10.7. The molecule has 1 amide bonds. The summed E-state index contributed by atoms with van der Waals surface area (Å²) in [7, 11) is -4.15. The minimum absolute atomic E-state index is 0.125. The number of hydrogen-bond acceptors (Lipinski definition) is 4. The van der Waals surface area contributed by atoms with E-state index >= 15 is 0 Å². The van der Waals surface area contributed by atoms with Crippen molar-refractivity contribution in [3.05, 3.63) is 95.3 Å². The third-order valence-corrected chi connectivity index (χ3v) is 5.82. The summed E-state index contributed by atoms with van der Waals surface area (Å²) in [5, 5.41) is 11.6. The Labute approximate surface area is 178 Å². The van der Waals surface area contributed by atoms with Gasteiger partial charge in [0, 0.05) is 17.8 Å². The van der Waals surface area contributed by atoms with E-state index in [0.29, 0.717) is 13.0 Å². The summed E-state index contributed by atoms with van der Waals surface area (Å²) in [4.78, 5) is 22.8. The van der Waals surface area contributed by atoms with E-state index in [0.717, 1.165) is 17.7 Å². The van der Waals surface area contributed by atoms with E-state index in [4.69, 9.17) is 5.11 Å². The van der Waals surface area contributed by atoms with Crippen molar-refractivity contribution in [2.45, 2.75) is 11.3 Å². The molecule has 0 saturated carbocycles. The Morgan fingerprint density at radius 3 is 2.29 bits per heavy atom. The van der Waals surface area contributed by atoms with Gasteiger partial charge in [0.2, 0.25) is 0 Å². The van der Waals surface area contributed by atoms with Crippen LogP contribution in [-0.2, 0) is 16.4 Å². The molecule has 0 saturated heterocycles. The van der Waals surface area contributed by atoms with Gasteiger partial charge in [-0.1, -0.05) is 30.3 Å². The Balaban J connectivity index is 1.62. The number of benzene rings is 3. The number of amides is 1. The van der Waals surface area contributed by atoms with Gasteiger partial charge in [-0.25, -0.2) is 17.6 Å². The van der Waals surface area contributed by atoms with Gasteiger partial charge in [-0.05, 0) is 54.4 Å². The normalized spacial score (nSPS) is 11.0. The smallest absolute Gasteiger partial charge is 0.335 e. The van der Waals surface area contributed by atoms with Crippen molar-refractivity contribution in [2.75, 3.05) is 11.3 Å². The largest absolute Gasteiger partial charge is 0.478 e. The summed E-state index contributed by atoms with van der Waals surface area (Å²) in [5.41, 5.74) is 1.40. The number of rotatable bonds is 8. The van der Waals surface area contributed by atoms with E-state index in [1.165, 1.54) is 48.5 Å². The topological polar surface area (TPSA) is 113 Å². The second-order valence-electron chi connectivity index (χ2n) is 6.62. The van der Waals surface area contributed by atoms with Crippen LogP contribution in [0.4, 0.5) is 10.1 Å². The Morgan fingerprint density at radius 1 is 0.903 bits per heavy atom. The van der Waals surface area contributed by atoms with Crippen molar-refractivity contribution in [3.63, 3.8) is 0 Å². The van der Waals surface area contributed by atoms with Crippen LogP contribution in [0.3, 0.4) is 0 Å². The Hall–Kier alpha value is -3.72. The van der Waals surface area contributed by atoms with E-state index < -0.39 is 32.6 Å². The van der Waals surface area contributed by atoms with Crippen LogP contribution in [-0.4, -0.2) is 31.9 Å². The number of carbonyl (C=O) groups is 2. The predicted octanol–water partition coefficient (Wildman–Crippen LogP) is 3.30. The number of carbonyl (C=O) groups excluding carboxylic acids is 1. The molecule has 9 heteroatoms. The number of anilines is 1. The maximum atomic E-state index is 13.8. The Bertz CT molecular complexity index is 1210. The molecular formula is C22H19FN2O5S. The molecule has 0 heterocycles. The number of hydrogen-bond donors (Lipinski definition) is 3. The average molecular weight is 442 g/mol. The molecule has 3 aromatic rings. The monoisotopic (exact) mass is 442 g/mol. The van der Waals surface area contributed by atoms with E-state index in [9.17, 15) is 22.4 Å². The van der Waals surface area contributed by atoms with Crippen LogP contribution in [0.1, 0.15) is 26.3 Å². The van der Waals surface area contributed by atoms with Crippen LogP contribution in [0, 0.1) is 5.82 Å². The Kier molecular flexibility index (Phi) is 6.66. The van der Waals surface area contributed by atoms with Crippen molar-refractivity contribution in [3.8, 4) is 0 Å². The second kappa shape index (κ2) is 9.40. The first-order chi connectivity index (χ1) is 14.8. The summed E-state index contributed by atoms with van der Waals surface area (Å²) < 4.78 is 40.9. The molecular weight excluding hydrogens is 423 g/mol. The molecule has 0 spiro atoms. The van der Waals surface area contributed by atoms with Crippen molar-refractivity contribution in [1.82, 2.24) is 5.32 Å². The van der Waals surface area contributed by atoms with Crippen LogP contribution >= 0.6 is 0 Å².